The minimum atomic E-state index is -6.72. The third-order valence-corrected chi connectivity index (χ3v) is 4.17. The fourth-order valence-corrected chi connectivity index (χ4v) is 2.58. The molecule has 1 aromatic rings. The maximum Gasteiger partial charge on any atom is 0.461 e. The minimum absolute atomic E-state index is 0.0840. The van der Waals surface area contributed by atoms with Crippen molar-refractivity contribution in [1.82, 2.24) is 0 Å². The average Bonchev–Trinajstić information content (AvgIpc) is 2.50. The summed E-state index contributed by atoms with van der Waals surface area (Å²) in [5.74, 6) is -8.14. The number of carboxylic acid groups (broad SMARTS) is 1. The van der Waals surface area contributed by atoms with E-state index in [1.807, 2.05) is 5.32 Å². The van der Waals surface area contributed by atoms with Crippen molar-refractivity contribution in [1.29, 1.82) is 0 Å². The highest BCUT2D eigenvalue weighted by atomic mass is 32.2. The van der Waals surface area contributed by atoms with Gasteiger partial charge in [-0.1, -0.05) is 0 Å². The quantitative estimate of drug-likeness (QED) is 0.405. The van der Waals surface area contributed by atoms with Crippen molar-refractivity contribution < 1.29 is 49.8 Å². The number of aliphatic carboxylic acids is 1. The zero-order valence-corrected chi connectivity index (χ0v) is 12.8. The van der Waals surface area contributed by atoms with Crippen LogP contribution in [0.2, 0.25) is 0 Å². The number of hydrogen-bond acceptors (Lipinski definition) is 5. The second kappa shape index (κ2) is 7.05. The van der Waals surface area contributed by atoms with Crippen LogP contribution >= 0.6 is 0 Å². The molecule has 1 aromatic carbocycles. The van der Waals surface area contributed by atoms with Crippen LogP contribution in [-0.4, -0.2) is 44.1 Å². The van der Waals surface area contributed by atoms with E-state index in [2.05, 4.69) is 0 Å². The van der Waals surface area contributed by atoms with Gasteiger partial charge in [-0.2, -0.15) is 30.7 Å². The predicted octanol–water partition coefficient (Wildman–Crippen LogP) is 2.99. The lowest BCUT2D eigenvalue weighted by molar-refractivity contribution is -0.384. The topological polar surface area (TPSA) is 110 Å². The Morgan fingerprint density at radius 1 is 1.19 bits per heavy atom. The molecule has 0 heterocycles. The monoisotopic (exact) mass is 412 g/mol. The van der Waals surface area contributed by atoms with Crippen LogP contribution in [0.25, 0.3) is 0 Å². The van der Waals surface area contributed by atoms with Gasteiger partial charge in [0.25, 0.3) is 5.69 Å². The van der Waals surface area contributed by atoms with Gasteiger partial charge >= 0.3 is 23.3 Å². The molecule has 2 N–H and O–H groups in total. The Morgan fingerprint density at radius 3 is 2.15 bits per heavy atom. The van der Waals surface area contributed by atoms with E-state index < -0.39 is 61.9 Å². The highest BCUT2D eigenvalue weighted by Crippen LogP contribution is 2.49. The second-order valence-electron chi connectivity index (χ2n) is 4.54. The lowest BCUT2D eigenvalue weighted by Gasteiger charge is -2.27. The molecule has 7 nitrogen and oxygen atoms in total. The van der Waals surface area contributed by atoms with Crippen LogP contribution in [0.1, 0.15) is 0 Å². The normalized spacial score (nSPS) is 14.0. The zero-order valence-electron chi connectivity index (χ0n) is 12.0. The van der Waals surface area contributed by atoms with Crippen LogP contribution in [0.4, 0.5) is 42.1 Å². The van der Waals surface area contributed by atoms with E-state index in [0.29, 0.717) is 12.1 Å². The molecule has 0 aliphatic rings. The molecule has 0 saturated heterocycles. The Morgan fingerprint density at radius 2 is 1.73 bits per heavy atom. The van der Waals surface area contributed by atoms with Crippen LogP contribution in [0.15, 0.2) is 23.1 Å². The predicted molar refractivity (Wildman–Crippen MR) is 71.6 cm³/mol. The van der Waals surface area contributed by atoms with E-state index >= 15 is 0 Å². The smallest absolute Gasteiger partial charge is 0.461 e. The highest BCUT2D eigenvalue weighted by Gasteiger charge is 2.76. The van der Waals surface area contributed by atoms with Crippen LogP contribution < -0.4 is 5.32 Å². The van der Waals surface area contributed by atoms with Crippen molar-refractivity contribution in [2.24, 2.45) is 0 Å². The Kier molecular flexibility index (Phi) is 5.85. The Labute approximate surface area is 141 Å². The van der Waals surface area contributed by atoms with Crippen molar-refractivity contribution in [3.63, 3.8) is 0 Å². The first-order valence-corrected chi connectivity index (χ1v) is 7.26. The first-order chi connectivity index (χ1) is 11.6. The van der Waals surface area contributed by atoms with Gasteiger partial charge in [0.15, 0.2) is 0 Å². The van der Waals surface area contributed by atoms with Crippen molar-refractivity contribution in [3.8, 4) is 0 Å². The number of carbonyl (C=O) groups is 1. The molecule has 1 unspecified atom stereocenters. The fraction of sp³-hybridized carbons (Fsp3) is 0.364. The number of nitrogens with zero attached hydrogens (tertiary/aromatic N) is 1. The molecule has 0 bridgehead atoms. The number of benzene rings is 1. The van der Waals surface area contributed by atoms with Gasteiger partial charge in [-0.05, 0) is 12.1 Å². The van der Waals surface area contributed by atoms with Gasteiger partial charge in [-0.25, -0.2) is 4.21 Å². The highest BCUT2D eigenvalue weighted by molar-refractivity contribution is 7.86. The summed E-state index contributed by atoms with van der Waals surface area (Å²) in [4.78, 5) is 18.6. The van der Waals surface area contributed by atoms with Gasteiger partial charge in [0.2, 0.25) is 0 Å². The Balaban J connectivity index is 3.35. The molecule has 0 aliphatic carbocycles. The maximum absolute atomic E-state index is 13.4. The van der Waals surface area contributed by atoms with E-state index in [9.17, 15) is 49.9 Å². The number of rotatable bonds is 7. The third kappa shape index (κ3) is 4.03. The summed E-state index contributed by atoms with van der Waals surface area (Å²) in [6.45, 7) is -0.856. The van der Waals surface area contributed by atoms with E-state index in [-0.39, 0.29) is 6.07 Å². The number of halogens is 7. The van der Waals surface area contributed by atoms with Crippen LogP contribution in [-0.2, 0) is 15.6 Å². The Hall–Kier alpha value is -2.45. The van der Waals surface area contributed by atoms with Gasteiger partial charge in [-0.15, -0.1) is 0 Å². The summed E-state index contributed by atoms with van der Waals surface area (Å²) in [6.07, 6.45) is -6.72. The first kappa shape index (κ1) is 21.6. The van der Waals surface area contributed by atoms with Crippen LogP contribution in [0, 0.1) is 10.1 Å². The average molecular weight is 412 g/mol. The summed E-state index contributed by atoms with van der Waals surface area (Å²) in [6, 6.07) is 1.00. The summed E-state index contributed by atoms with van der Waals surface area (Å²) >= 11 is 0. The fourth-order valence-electron chi connectivity index (χ4n) is 1.53. The number of anilines is 1. The number of nitro benzene ring substituents is 1. The molecule has 1 rings (SSSR count). The number of nitrogens with one attached hydrogen (secondary N) is 1. The lowest BCUT2D eigenvalue weighted by Crippen LogP contribution is -2.54. The molecule has 0 aliphatic heterocycles. The maximum atomic E-state index is 13.4. The van der Waals surface area contributed by atoms with E-state index in [4.69, 9.17) is 5.11 Å². The summed E-state index contributed by atoms with van der Waals surface area (Å²) in [5, 5.41) is 15.2. The van der Waals surface area contributed by atoms with Gasteiger partial charge in [0.05, 0.1) is 9.82 Å². The lowest BCUT2D eigenvalue weighted by atomic mass is 10.2. The molecule has 0 spiro atoms. The first-order valence-electron chi connectivity index (χ1n) is 6.11. The molecule has 15 heteroatoms. The molecule has 0 saturated carbocycles. The van der Waals surface area contributed by atoms with Crippen molar-refractivity contribution >= 4 is 28.1 Å². The van der Waals surface area contributed by atoms with E-state index in [1.165, 1.54) is 0 Å². The van der Waals surface area contributed by atoms with E-state index in [1.54, 1.807) is 0 Å². The molecule has 0 aromatic heterocycles. The van der Waals surface area contributed by atoms with Crippen LogP contribution in [0.5, 0.6) is 0 Å². The molecule has 0 fully saturated rings. The number of alkyl halides is 7. The van der Waals surface area contributed by atoms with Crippen molar-refractivity contribution in [3.05, 3.63) is 28.3 Å². The largest absolute Gasteiger partial charge is 0.480 e. The summed E-state index contributed by atoms with van der Waals surface area (Å²) in [7, 11) is -4.31. The number of nitro groups is 1. The van der Waals surface area contributed by atoms with Gasteiger partial charge in [0.1, 0.15) is 23.0 Å². The molecule has 0 amide bonds. The standard InChI is InChI=1S/C11H7F7N2O5S/c12-9(13,10(14,15)16)11(17,18)26(25)5-1-2-6(19-4-8(21)22)7(3-5)20(23)24/h1-3,19H,4H2,(H,21,22). The van der Waals surface area contributed by atoms with Crippen molar-refractivity contribution in [2.75, 3.05) is 11.9 Å². The minimum Gasteiger partial charge on any atom is -0.480 e. The third-order valence-electron chi connectivity index (χ3n) is 2.76. The van der Waals surface area contributed by atoms with Gasteiger partial charge < -0.3 is 10.4 Å². The number of carboxylic acids is 1. The zero-order chi connectivity index (χ0) is 20.5. The molecule has 26 heavy (non-hydrogen) atoms. The van der Waals surface area contributed by atoms with Crippen molar-refractivity contribution in [2.45, 2.75) is 22.2 Å². The second-order valence-corrected chi connectivity index (χ2v) is 6.06. The molecular formula is C11H7F7N2O5S. The van der Waals surface area contributed by atoms with Gasteiger partial charge in [-0.3, -0.25) is 14.9 Å². The van der Waals surface area contributed by atoms with Crippen LogP contribution in [0.3, 0.4) is 0 Å². The SMILES string of the molecule is O=C(O)CNc1ccc(S(=O)C(F)(F)C(F)(F)C(F)(F)F)cc1[N+](=O)[O-]. The molecule has 146 valence electrons. The molecule has 0 radical (unpaired) electrons. The number of hydrogen-bond donors (Lipinski definition) is 2. The van der Waals surface area contributed by atoms with Gasteiger partial charge in [0, 0.05) is 6.07 Å². The molecular weight excluding hydrogens is 405 g/mol. The summed E-state index contributed by atoms with van der Waals surface area (Å²) in [5.41, 5.74) is -1.72. The Bertz CT molecular complexity index is 753. The summed E-state index contributed by atoms with van der Waals surface area (Å²) < 4.78 is 101. The molecule has 1 atom stereocenters. The van der Waals surface area contributed by atoms with E-state index in [0.717, 1.165) is 0 Å².